The van der Waals surface area contributed by atoms with Crippen LogP contribution in [-0.2, 0) is 0 Å². The average molecular weight is 460 g/mol. The Morgan fingerprint density at radius 2 is 1.16 bits per heavy atom. The molecule has 1 aromatic heterocycles. The third kappa shape index (κ3) is 3.64. The predicted octanol–water partition coefficient (Wildman–Crippen LogP) is 7.52. The smallest absolute Gasteiger partial charge is 0.205 e. The molecule has 0 aliphatic heterocycles. The van der Waals surface area contributed by atoms with Crippen LogP contribution in [-0.4, -0.2) is 11.6 Å². The first-order chi connectivity index (χ1) is 15.5. The SMILES string of the molecule is O=C1C(=Cc2ccc(N(c3ccc(Cl)cc3)c3ccc(Cl)cc3)o2)C(=O)c2ccccc21. The number of halogens is 2. The zero-order valence-corrected chi connectivity index (χ0v) is 18.1. The minimum atomic E-state index is -0.296. The molecule has 0 saturated heterocycles. The summed E-state index contributed by atoms with van der Waals surface area (Å²) in [5, 5.41) is 1.24. The molecule has 0 fully saturated rings. The van der Waals surface area contributed by atoms with E-state index in [2.05, 4.69) is 0 Å². The maximum atomic E-state index is 12.7. The summed E-state index contributed by atoms with van der Waals surface area (Å²) in [6.07, 6.45) is 1.50. The maximum Gasteiger partial charge on any atom is 0.205 e. The number of hydrogen-bond donors (Lipinski definition) is 0. The van der Waals surface area contributed by atoms with E-state index in [4.69, 9.17) is 27.6 Å². The number of anilines is 3. The predicted molar refractivity (Wildman–Crippen MR) is 126 cm³/mol. The maximum absolute atomic E-state index is 12.7. The largest absolute Gasteiger partial charge is 0.440 e. The minimum absolute atomic E-state index is 0.0941. The molecule has 0 amide bonds. The van der Waals surface area contributed by atoms with Crippen molar-refractivity contribution in [2.24, 2.45) is 0 Å². The number of carbonyl (C=O) groups excluding carboxylic acids is 2. The van der Waals surface area contributed by atoms with Gasteiger partial charge in [-0.05, 0) is 60.7 Å². The van der Waals surface area contributed by atoms with Gasteiger partial charge in [-0.2, -0.15) is 0 Å². The van der Waals surface area contributed by atoms with Crippen molar-refractivity contribution in [2.75, 3.05) is 4.90 Å². The van der Waals surface area contributed by atoms with Crippen molar-refractivity contribution in [3.05, 3.63) is 117 Å². The van der Waals surface area contributed by atoms with Gasteiger partial charge >= 0.3 is 0 Å². The highest BCUT2D eigenvalue weighted by molar-refractivity contribution is 6.41. The van der Waals surface area contributed by atoms with E-state index in [1.54, 1.807) is 60.7 Å². The first-order valence-electron chi connectivity index (χ1n) is 9.82. The molecule has 3 aromatic carbocycles. The van der Waals surface area contributed by atoms with Crippen LogP contribution in [0.1, 0.15) is 26.5 Å². The van der Waals surface area contributed by atoms with Gasteiger partial charge in [0.15, 0.2) is 11.6 Å². The second-order valence-corrected chi connectivity index (χ2v) is 8.10. The Balaban J connectivity index is 1.54. The van der Waals surface area contributed by atoms with Gasteiger partial charge in [-0.3, -0.25) is 14.5 Å². The van der Waals surface area contributed by atoms with Gasteiger partial charge in [0.25, 0.3) is 0 Å². The highest BCUT2D eigenvalue weighted by Gasteiger charge is 2.32. The van der Waals surface area contributed by atoms with E-state index in [-0.39, 0.29) is 17.1 Å². The van der Waals surface area contributed by atoms with Gasteiger partial charge in [-0.25, -0.2) is 0 Å². The van der Waals surface area contributed by atoms with Crippen LogP contribution in [0.2, 0.25) is 10.0 Å². The molecule has 0 saturated carbocycles. The summed E-state index contributed by atoms with van der Waals surface area (Å²) in [6.45, 7) is 0. The van der Waals surface area contributed by atoms with Crippen LogP contribution in [0.25, 0.3) is 6.08 Å². The van der Waals surface area contributed by atoms with Gasteiger partial charge in [0.1, 0.15) is 5.76 Å². The molecule has 0 N–H and O–H groups in total. The summed E-state index contributed by atoms with van der Waals surface area (Å²) >= 11 is 12.1. The standard InChI is InChI=1S/C26H15Cl2NO3/c27-16-5-9-18(10-6-16)29(19-11-7-17(28)8-12-19)24-14-13-20(32-24)15-23-25(30)21-3-1-2-4-22(21)26(23)31/h1-15H. The van der Waals surface area contributed by atoms with Gasteiger partial charge in [0.05, 0.1) is 5.57 Å². The lowest BCUT2D eigenvalue weighted by Crippen LogP contribution is -2.08. The summed E-state index contributed by atoms with van der Waals surface area (Å²) in [5.74, 6) is 0.320. The number of benzene rings is 3. The molecule has 1 aliphatic carbocycles. The van der Waals surface area contributed by atoms with Crippen molar-refractivity contribution in [1.82, 2.24) is 0 Å². The van der Waals surface area contributed by atoms with Crippen LogP contribution in [0.3, 0.4) is 0 Å². The number of furan rings is 1. The molecule has 6 heteroatoms. The molecule has 0 unspecified atom stereocenters. The number of fused-ring (bicyclic) bond motifs is 1. The Bertz CT molecular complexity index is 1290. The summed E-state index contributed by atoms with van der Waals surface area (Å²) in [4.78, 5) is 27.3. The Hall–Kier alpha value is -3.60. The van der Waals surface area contributed by atoms with Crippen molar-refractivity contribution >= 4 is 58.1 Å². The first kappa shape index (κ1) is 20.3. The Morgan fingerprint density at radius 1 is 0.656 bits per heavy atom. The van der Waals surface area contributed by atoms with Crippen LogP contribution < -0.4 is 4.90 Å². The Kier molecular flexibility index (Phi) is 5.17. The van der Waals surface area contributed by atoms with E-state index >= 15 is 0 Å². The van der Waals surface area contributed by atoms with Crippen molar-refractivity contribution in [3.63, 3.8) is 0 Å². The van der Waals surface area contributed by atoms with Gasteiger partial charge in [0.2, 0.25) is 5.88 Å². The third-order valence-corrected chi connectivity index (χ3v) is 5.70. The Morgan fingerprint density at radius 3 is 1.66 bits per heavy atom. The molecule has 156 valence electrons. The molecule has 0 bridgehead atoms. The number of allylic oxidation sites excluding steroid dienone is 1. The van der Waals surface area contributed by atoms with Crippen LogP contribution in [0.4, 0.5) is 17.3 Å². The molecular formula is C26H15Cl2NO3. The molecular weight excluding hydrogens is 445 g/mol. The average Bonchev–Trinajstić information content (AvgIpc) is 3.36. The van der Waals surface area contributed by atoms with Crippen molar-refractivity contribution in [1.29, 1.82) is 0 Å². The fourth-order valence-corrected chi connectivity index (χ4v) is 3.92. The fourth-order valence-electron chi connectivity index (χ4n) is 3.67. The van der Waals surface area contributed by atoms with Crippen molar-refractivity contribution in [2.45, 2.75) is 0 Å². The van der Waals surface area contributed by atoms with Gasteiger partial charge < -0.3 is 4.42 Å². The van der Waals surface area contributed by atoms with Crippen molar-refractivity contribution < 1.29 is 14.0 Å². The van der Waals surface area contributed by atoms with Gasteiger partial charge in [-0.1, -0.05) is 47.5 Å². The number of nitrogens with zero attached hydrogens (tertiary/aromatic N) is 1. The highest BCUT2D eigenvalue weighted by atomic mass is 35.5. The molecule has 1 heterocycles. The molecule has 5 rings (SSSR count). The normalized spacial score (nSPS) is 12.8. The van der Waals surface area contributed by atoms with Gasteiger partial charge in [0, 0.05) is 38.6 Å². The van der Waals surface area contributed by atoms with Crippen LogP contribution in [0.15, 0.2) is 94.9 Å². The number of Topliss-reactive ketones (excluding diaryl/α,β-unsaturated/α-hetero) is 2. The van der Waals surface area contributed by atoms with E-state index in [1.165, 1.54) is 6.08 Å². The summed E-state index contributed by atoms with van der Waals surface area (Å²) in [7, 11) is 0. The second kappa shape index (κ2) is 8.15. The Labute approximate surface area is 194 Å². The van der Waals surface area contributed by atoms with Crippen LogP contribution in [0, 0.1) is 0 Å². The zero-order chi connectivity index (χ0) is 22.2. The lowest BCUT2D eigenvalue weighted by atomic mass is 10.1. The summed E-state index contributed by atoms with van der Waals surface area (Å²) in [5.41, 5.74) is 2.58. The van der Waals surface area contributed by atoms with E-state index in [1.807, 2.05) is 29.2 Å². The fraction of sp³-hybridized carbons (Fsp3) is 0. The number of ketones is 2. The monoisotopic (exact) mass is 459 g/mol. The third-order valence-electron chi connectivity index (χ3n) is 5.19. The molecule has 0 spiro atoms. The highest BCUT2D eigenvalue weighted by Crippen LogP contribution is 2.37. The lowest BCUT2D eigenvalue weighted by molar-refractivity contribution is 0.0990. The number of rotatable bonds is 4. The molecule has 4 nitrogen and oxygen atoms in total. The molecule has 0 atom stereocenters. The zero-order valence-electron chi connectivity index (χ0n) is 16.6. The van der Waals surface area contributed by atoms with Crippen molar-refractivity contribution in [3.8, 4) is 0 Å². The number of hydrogen-bond acceptors (Lipinski definition) is 4. The minimum Gasteiger partial charge on any atom is -0.440 e. The molecule has 32 heavy (non-hydrogen) atoms. The van der Waals surface area contributed by atoms with E-state index < -0.39 is 0 Å². The van der Waals surface area contributed by atoms with E-state index in [0.29, 0.717) is 32.8 Å². The van der Waals surface area contributed by atoms with Gasteiger partial charge in [-0.15, -0.1) is 0 Å². The topological polar surface area (TPSA) is 50.5 Å². The van der Waals surface area contributed by atoms with E-state index in [0.717, 1.165) is 11.4 Å². The lowest BCUT2D eigenvalue weighted by Gasteiger charge is -2.22. The van der Waals surface area contributed by atoms with Crippen LogP contribution >= 0.6 is 23.2 Å². The molecule has 4 aromatic rings. The quantitative estimate of drug-likeness (QED) is 0.234. The summed E-state index contributed by atoms with van der Waals surface area (Å²) in [6, 6.07) is 25.0. The second-order valence-electron chi connectivity index (χ2n) is 7.23. The first-order valence-corrected chi connectivity index (χ1v) is 10.6. The van der Waals surface area contributed by atoms with Crippen LogP contribution in [0.5, 0.6) is 0 Å². The molecule has 1 aliphatic rings. The van der Waals surface area contributed by atoms with E-state index in [9.17, 15) is 9.59 Å². The summed E-state index contributed by atoms with van der Waals surface area (Å²) < 4.78 is 6.05. The number of carbonyl (C=O) groups is 2. The molecule has 0 radical (unpaired) electrons.